The van der Waals surface area contributed by atoms with Crippen molar-refractivity contribution in [3.05, 3.63) is 18.2 Å². The molecule has 0 bridgehead atoms. The fourth-order valence-electron chi connectivity index (χ4n) is 2.93. The van der Waals surface area contributed by atoms with Gasteiger partial charge in [0.05, 0.1) is 12.6 Å². The van der Waals surface area contributed by atoms with Gasteiger partial charge in [-0.2, -0.15) is 0 Å². The number of β-amino-alcohol motifs (C(OH)–C–C–N with tert-alkyl or cyclic N) is 1. The van der Waals surface area contributed by atoms with Crippen LogP contribution < -0.4 is 5.32 Å². The molecule has 1 fully saturated rings. The summed E-state index contributed by atoms with van der Waals surface area (Å²) in [5, 5.41) is 12.9. The van der Waals surface area contributed by atoms with Crippen LogP contribution in [0.4, 0.5) is 0 Å². The van der Waals surface area contributed by atoms with Crippen molar-refractivity contribution in [2.45, 2.75) is 45.9 Å². The zero-order valence-electron chi connectivity index (χ0n) is 12.8. The lowest BCUT2D eigenvalue weighted by molar-refractivity contribution is 0.0997. The third kappa shape index (κ3) is 4.58. The Kier molecular flexibility index (Phi) is 6.01. The summed E-state index contributed by atoms with van der Waals surface area (Å²) in [6, 6.07) is 0. The van der Waals surface area contributed by atoms with Gasteiger partial charge in [0.15, 0.2) is 0 Å². The molecule has 1 saturated heterocycles. The lowest BCUT2D eigenvalue weighted by atomic mass is 9.96. The van der Waals surface area contributed by atoms with Crippen molar-refractivity contribution in [3.63, 3.8) is 0 Å². The molecule has 5 nitrogen and oxygen atoms in total. The molecule has 0 amide bonds. The first kappa shape index (κ1) is 15.5. The summed E-state index contributed by atoms with van der Waals surface area (Å²) in [6.07, 6.45) is 6.14. The standard InChI is InChI=1S/C15H28N4O/c1-3-19-9-6-17-15(19)11-16-10-14-4-7-18(8-5-14)12-13(2)20/h6,9,13-14,16,20H,3-5,7-8,10-12H2,1-2H3/t13-/m1/s1. The average Bonchev–Trinajstić information content (AvgIpc) is 2.87. The Balaban J connectivity index is 1.64. The topological polar surface area (TPSA) is 53.3 Å². The van der Waals surface area contributed by atoms with Gasteiger partial charge < -0.3 is 19.9 Å². The van der Waals surface area contributed by atoms with Gasteiger partial charge in [-0.15, -0.1) is 0 Å². The lowest BCUT2D eigenvalue weighted by Gasteiger charge is -2.32. The van der Waals surface area contributed by atoms with Gasteiger partial charge in [0, 0.05) is 25.5 Å². The number of nitrogens with one attached hydrogen (secondary N) is 1. The summed E-state index contributed by atoms with van der Waals surface area (Å²) >= 11 is 0. The number of nitrogens with zero attached hydrogens (tertiary/aromatic N) is 3. The molecule has 0 unspecified atom stereocenters. The highest BCUT2D eigenvalue weighted by Crippen LogP contribution is 2.16. The van der Waals surface area contributed by atoms with Crippen molar-refractivity contribution in [2.75, 3.05) is 26.2 Å². The Morgan fingerprint density at radius 1 is 1.45 bits per heavy atom. The Morgan fingerprint density at radius 2 is 2.20 bits per heavy atom. The lowest BCUT2D eigenvalue weighted by Crippen LogP contribution is -2.40. The van der Waals surface area contributed by atoms with Gasteiger partial charge in [0.2, 0.25) is 0 Å². The number of imidazole rings is 1. The van der Waals surface area contributed by atoms with Gasteiger partial charge in [0.1, 0.15) is 5.82 Å². The van der Waals surface area contributed by atoms with Crippen molar-refractivity contribution in [1.29, 1.82) is 0 Å². The van der Waals surface area contributed by atoms with E-state index in [1.807, 2.05) is 19.3 Å². The van der Waals surface area contributed by atoms with Crippen molar-refractivity contribution in [2.24, 2.45) is 5.92 Å². The van der Waals surface area contributed by atoms with Gasteiger partial charge in [-0.25, -0.2) is 4.98 Å². The van der Waals surface area contributed by atoms with Crippen molar-refractivity contribution in [3.8, 4) is 0 Å². The first-order chi connectivity index (χ1) is 9.69. The third-order valence-electron chi connectivity index (χ3n) is 4.09. The smallest absolute Gasteiger partial charge is 0.122 e. The Morgan fingerprint density at radius 3 is 2.85 bits per heavy atom. The van der Waals surface area contributed by atoms with E-state index in [2.05, 4.69) is 26.7 Å². The monoisotopic (exact) mass is 280 g/mol. The number of hydrogen-bond donors (Lipinski definition) is 2. The van der Waals surface area contributed by atoms with Crippen LogP contribution in [0.15, 0.2) is 12.4 Å². The van der Waals surface area contributed by atoms with E-state index in [0.717, 1.165) is 51.0 Å². The van der Waals surface area contributed by atoms with Crippen molar-refractivity contribution < 1.29 is 5.11 Å². The molecule has 0 radical (unpaired) electrons. The number of aliphatic hydroxyl groups excluding tert-OH is 1. The molecule has 2 rings (SSSR count). The number of aliphatic hydroxyl groups is 1. The minimum Gasteiger partial charge on any atom is -0.392 e. The van der Waals surface area contributed by atoms with E-state index in [4.69, 9.17) is 0 Å². The number of rotatable bonds is 7. The van der Waals surface area contributed by atoms with Crippen molar-refractivity contribution in [1.82, 2.24) is 19.8 Å². The first-order valence-corrected chi connectivity index (χ1v) is 7.80. The van der Waals surface area contributed by atoms with E-state index in [0.29, 0.717) is 0 Å². The molecule has 1 aromatic heterocycles. The molecule has 114 valence electrons. The van der Waals surface area contributed by atoms with Crippen LogP contribution in [0.2, 0.25) is 0 Å². The SMILES string of the molecule is CCn1ccnc1CNCC1CCN(C[C@@H](C)O)CC1. The molecule has 1 aliphatic heterocycles. The summed E-state index contributed by atoms with van der Waals surface area (Å²) in [5.41, 5.74) is 0. The summed E-state index contributed by atoms with van der Waals surface area (Å²) in [4.78, 5) is 6.74. The van der Waals surface area contributed by atoms with Crippen LogP contribution in [-0.4, -0.2) is 51.8 Å². The first-order valence-electron chi connectivity index (χ1n) is 7.80. The van der Waals surface area contributed by atoms with E-state index < -0.39 is 0 Å². The van der Waals surface area contributed by atoms with Crippen molar-refractivity contribution >= 4 is 0 Å². The Labute approximate surface area is 122 Å². The molecule has 1 atom stereocenters. The number of hydrogen-bond acceptors (Lipinski definition) is 4. The van der Waals surface area contributed by atoms with Crippen LogP contribution in [0.5, 0.6) is 0 Å². The maximum atomic E-state index is 9.40. The maximum Gasteiger partial charge on any atom is 0.122 e. The van der Waals surface area contributed by atoms with Gasteiger partial charge in [0.25, 0.3) is 0 Å². The van der Waals surface area contributed by atoms with E-state index in [-0.39, 0.29) is 6.10 Å². The molecule has 2 N–H and O–H groups in total. The maximum absolute atomic E-state index is 9.40. The second-order valence-electron chi connectivity index (χ2n) is 5.85. The Bertz CT molecular complexity index is 383. The molecule has 5 heteroatoms. The molecular formula is C15H28N4O. The highest BCUT2D eigenvalue weighted by Gasteiger charge is 2.19. The van der Waals surface area contributed by atoms with E-state index in [1.54, 1.807) is 0 Å². The highest BCUT2D eigenvalue weighted by molar-refractivity contribution is 4.91. The quantitative estimate of drug-likeness (QED) is 0.785. The fourth-order valence-corrected chi connectivity index (χ4v) is 2.93. The van der Waals surface area contributed by atoms with E-state index in [1.165, 1.54) is 12.8 Å². The molecule has 0 aliphatic carbocycles. The molecule has 0 aromatic carbocycles. The minimum absolute atomic E-state index is 0.211. The number of likely N-dealkylation sites (tertiary alicyclic amines) is 1. The highest BCUT2D eigenvalue weighted by atomic mass is 16.3. The van der Waals surface area contributed by atoms with Crippen LogP contribution in [0.3, 0.4) is 0 Å². The number of piperidine rings is 1. The van der Waals surface area contributed by atoms with E-state index >= 15 is 0 Å². The van der Waals surface area contributed by atoms with Crippen LogP contribution in [0, 0.1) is 5.92 Å². The predicted molar refractivity (Wildman–Crippen MR) is 80.5 cm³/mol. The molecule has 0 saturated carbocycles. The van der Waals surface area contributed by atoms with Crippen LogP contribution in [-0.2, 0) is 13.1 Å². The fraction of sp³-hybridized carbons (Fsp3) is 0.800. The summed E-state index contributed by atoms with van der Waals surface area (Å²) in [7, 11) is 0. The molecule has 0 spiro atoms. The molecule has 1 aromatic rings. The minimum atomic E-state index is -0.211. The Hall–Kier alpha value is -0.910. The summed E-state index contributed by atoms with van der Waals surface area (Å²) in [5.74, 6) is 1.88. The second kappa shape index (κ2) is 7.76. The van der Waals surface area contributed by atoms with Crippen LogP contribution in [0.25, 0.3) is 0 Å². The predicted octanol–water partition coefficient (Wildman–Crippen LogP) is 1.09. The van der Waals surface area contributed by atoms with Crippen LogP contribution in [0.1, 0.15) is 32.5 Å². The largest absolute Gasteiger partial charge is 0.392 e. The number of aromatic nitrogens is 2. The molecule has 2 heterocycles. The van der Waals surface area contributed by atoms with E-state index in [9.17, 15) is 5.11 Å². The summed E-state index contributed by atoms with van der Waals surface area (Å²) < 4.78 is 2.18. The van der Waals surface area contributed by atoms with Gasteiger partial charge in [-0.3, -0.25) is 0 Å². The molecule has 20 heavy (non-hydrogen) atoms. The zero-order valence-corrected chi connectivity index (χ0v) is 12.8. The van der Waals surface area contributed by atoms with Crippen LogP contribution >= 0.6 is 0 Å². The van der Waals surface area contributed by atoms with Gasteiger partial charge >= 0.3 is 0 Å². The van der Waals surface area contributed by atoms with Gasteiger partial charge in [-0.1, -0.05) is 0 Å². The van der Waals surface area contributed by atoms with Gasteiger partial charge in [-0.05, 0) is 52.2 Å². The number of aryl methyl sites for hydroxylation is 1. The average molecular weight is 280 g/mol. The second-order valence-corrected chi connectivity index (χ2v) is 5.85. The normalized spacial score (nSPS) is 19.4. The molecule has 1 aliphatic rings. The summed E-state index contributed by atoms with van der Waals surface area (Å²) in [6.45, 7) is 9.95. The molecular weight excluding hydrogens is 252 g/mol. The third-order valence-corrected chi connectivity index (χ3v) is 4.09. The zero-order chi connectivity index (χ0) is 14.4.